The number of halogens is 2. The van der Waals surface area contributed by atoms with Crippen LogP contribution in [0.3, 0.4) is 0 Å². The molecular weight excluding hydrogens is 461 g/mol. The van der Waals surface area contributed by atoms with E-state index in [2.05, 4.69) is 20.6 Å². The Bertz CT molecular complexity index is 1150. The number of benzene rings is 2. The molecule has 3 aromatic rings. The zero-order valence-electron chi connectivity index (χ0n) is 18.6. The maximum atomic E-state index is 12.3. The predicted octanol–water partition coefficient (Wildman–Crippen LogP) is 4.50. The van der Waals surface area contributed by atoms with Crippen molar-refractivity contribution >= 4 is 51.7 Å². The molecule has 33 heavy (non-hydrogen) atoms. The van der Waals surface area contributed by atoms with Gasteiger partial charge in [-0.2, -0.15) is 0 Å². The highest BCUT2D eigenvalue weighted by atomic mass is 35.5. The topological polar surface area (TPSA) is 110 Å². The fourth-order valence-electron chi connectivity index (χ4n) is 3.41. The molecule has 0 saturated heterocycles. The maximum Gasteiger partial charge on any atom is 0.240 e. The number of anilines is 1. The quantitative estimate of drug-likeness (QED) is 0.389. The van der Waals surface area contributed by atoms with Crippen LogP contribution in [-0.4, -0.2) is 27.8 Å². The molecule has 1 aromatic heterocycles. The molecule has 174 valence electrons. The number of amides is 2. The normalized spacial score (nSPS) is 12.0. The molecule has 0 radical (unpaired) electrons. The number of aryl methyl sites for hydroxylation is 1. The van der Waals surface area contributed by atoms with Crippen molar-refractivity contribution in [3.8, 4) is 0 Å². The molecule has 0 spiro atoms. The Morgan fingerprint density at radius 2 is 1.82 bits per heavy atom. The van der Waals surface area contributed by atoms with Gasteiger partial charge in [-0.15, -0.1) is 0 Å². The van der Waals surface area contributed by atoms with E-state index in [1.807, 2.05) is 44.2 Å². The molecule has 4 N–H and O–H groups in total. The third-order valence-electron chi connectivity index (χ3n) is 5.19. The van der Waals surface area contributed by atoms with Gasteiger partial charge in [-0.1, -0.05) is 55.2 Å². The number of nitrogens with zero attached hydrogens (tertiary/aromatic N) is 2. The van der Waals surface area contributed by atoms with Gasteiger partial charge in [0.2, 0.25) is 11.8 Å². The van der Waals surface area contributed by atoms with Crippen LogP contribution in [0.4, 0.5) is 5.82 Å². The molecule has 0 saturated carbocycles. The Hall–Kier alpha value is -2.90. The predicted molar refractivity (Wildman–Crippen MR) is 132 cm³/mol. The molecule has 0 aliphatic rings. The number of fused-ring (bicyclic) bond motifs is 1. The van der Waals surface area contributed by atoms with Gasteiger partial charge >= 0.3 is 0 Å². The van der Waals surface area contributed by atoms with Crippen molar-refractivity contribution in [3.05, 3.63) is 63.9 Å². The van der Waals surface area contributed by atoms with Gasteiger partial charge < -0.3 is 16.4 Å². The minimum atomic E-state index is -0.552. The number of hydrogen-bond acceptors (Lipinski definition) is 5. The molecular formula is C24H27Cl2N5O2. The second-order valence-electron chi connectivity index (χ2n) is 8.15. The number of carbonyl (C=O) groups is 2. The van der Waals surface area contributed by atoms with Gasteiger partial charge in [-0.3, -0.25) is 9.59 Å². The molecule has 0 bridgehead atoms. The van der Waals surface area contributed by atoms with Crippen molar-refractivity contribution in [3.63, 3.8) is 0 Å². The van der Waals surface area contributed by atoms with E-state index in [9.17, 15) is 9.59 Å². The summed E-state index contributed by atoms with van der Waals surface area (Å²) in [4.78, 5) is 33.4. The third-order valence-corrected chi connectivity index (χ3v) is 5.93. The monoisotopic (exact) mass is 487 g/mol. The lowest BCUT2D eigenvalue weighted by Crippen LogP contribution is -2.39. The fraction of sp³-hybridized carbons (Fsp3) is 0.333. The molecule has 3 rings (SSSR count). The molecule has 2 aromatic carbocycles. The van der Waals surface area contributed by atoms with Gasteiger partial charge in [-0.25, -0.2) is 9.97 Å². The average Bonchev–Trinajstić information content (AvgIpc) is 2.77. The Kier molecular flexibility index (Phi) is 8.47. The number of carbonyl (C=O) groups excluding carboxylic acids is 2. The number of para-hydroxylation sites is 1. The summed E-state index contributed by atoms with van der Waals surface area (Å²) in [5.74, 6) is 0.651. The summed E-state index contributed by atoms with van der Waals surface area (Å²) in [5, 5.41) is 7.81. The van der Waals surface area contributed by atoms with Crippen LogP contribution in [0.15, 0.2) is 42.5 Å². The minimum absolute atomic E-state index is 0.00102. The van der Waals surface area contributed by atoms with Gasteiger partial charge in [0, 0.05) is 24.8 Å². The standard InChI is InChI=1S/C24H27Cl2N5O2/c1-14(2)22(23(27)33)31-24-16-6-3-4-7-19(16)29-20(30-24)8-5-9-21(32)28-13-15-10-11-17(25)18(26)12-15/h3-4,6-7,10-12,14,22H,5,8-9,13H2,1-2H3,(H2,27,33)(H,28,32)(H,29,30,31)/t22-/m0/s1. The number of nitrogens with one attached hydrogen (secondary N) is 2. The maximum absolute atomic E-state index is 12.3. The van der Waals surface area contributed by atoms with Gasteiger partial charge in [0.05, 0.1) is 15.6 Å². The van der Waals surface area contributed by atoms with Crippen LogP contribution in [0, 0.1) is 5.92 Å². The van der Waals surface area contributed by atoms with Crippen molar-refractivity contribution in [2.45, 2.75) is 45.7 Å². The minimum Gasteiger partial charge on any atom is -0.368 e. The van der Waals surface area contributed by atoms with Gasteiger partial charge in [0.1, 0.15) is 17.7 Å². The zero-order chi connectivity index (χ0) is 24.0. The van der Waals surface area contributed by atoms with Crippen molar-refractivity contribution in [1.29, 1.82) is 0 Å². The highest BCUT2D eigenvalue weighted by molar-refractivity contribution is 6.42. The van der Waals surface area contributed by atoms with E-state index in [0.29, 0.717) is 47.5 Å². The van der Waals surface area contributed by atoms with Crippen molar-refractivity contribution in [2.24, 2.45) is 11.7 Å². The fourth-order valence-corrected chi connectivity index (χ4v) is 3.73. The zero-order valence-corrected chi connectivity index (χ0v) is 20.1. The smallest absolute Gasteiger partial charge is 0.240 e. The van der Waals surface area contributed by atoms with E-state index in [0.717, 1.165) is 16.5 Å². The summed E-state index contributed by atoms with van der Waals surface area (Å²) in [5.41, 5.74) is 7.20. The molecule has 2 amide bonds. The van der Waals surface area contributed by atoms with E-state index in [4.69, 9.17) is 28.9 Å². The van der Waals surface area contributed by atoms with E-state index >= 15 is 0 Å². The van der Waals surface area contributed by atoms with Crippen LogP contribution in [0.5, 0.6) is 0 Å². The van der Waals surface area contributed by atoms with Crippen LogP contribution < -0.4 is 16.4 Å². The molecule has 9 heteroatoms. The highest BCUT2D eigenvalue weighted by Crippen LogP contribution is 2.23. The summed E-state index contributed by atoms with van der Waals surface area (Å²) in [6, 6.07) is 12.3. The Labute approximate surface area is 203 Å². The van der Waals surface area contributed by atoms with Crippen LogP contribution >= 0.6 is 23.2 Å². The SMILES string of the molecule is CC(C)[C@H](Nc1nc(CCCC(=O)NCc2ccc(Cl)c(Cl)c2)nc2ccccc12)C(N)=O. The summed E-state index contributed by atoms with van der Waals surface area (Å²) in [7, 11) is 0. The van der Waals surface area contributed by atoms with Crippen molar-refractivity contribution < 1.29 is 9.59 Å². The largest absolute Gasteiger partial charge is 0.368 e. The van der Waals surface area contributed by atoms with E-state index in [-0.39, 0.29) is 11.8 Å². The van der Waals surface area contributed by atoms with Crippen LogP contribution in [0.25, 0.3) is 10.9 Å². The summed E-state index contributed by atoms with van der Waals surface area (Å²) in [6.45, 7) is 4.21. The lowest BCUT2D eigenvalue weighted by Gasteiger charge is -2.21. The number of nitrogens with two attached hydrogens (primary N) is 1. The summed E-state index contributed by atoms with van der Waals surface area (Å²) < 4.78 is 0. The Morgan fingerprint density at radius 1 is 1.06 bits per heavy atom. The summed E-state index contributed by atoms with van der Waals surface area (Å²) >= 11 is 11.9. The van der Waals surface area contributed by atoms with E-state index < -0.39 is 11.9 Å². The Balaban J connectivity index is 1.63. The Morgan fingerprint density at radius 3 is 2.52 bits per heavy atom. The van der Waals surface area contributed by atoms with Gasteiger partial charge in [0.15, 0.2) is 0 Å². The number of rotatable bonds is 10. The molecule has 0 aliphatic carbocycles. The van der Waals surface area contributed by atoms with Gasteiger partial charge in [0.25, 0.3) is 0 Å². The molecule has 1 heterocycles. The average molecular weight is 488 g/mol. The number of hydrogen-bond donors (Lipinski definition) is 3. The summed E-state index contributed by atoms with van der Waals surface area (Å²) in [6.07, 6.45) is 1.42. The molecule has 0 fully saturated rings. The third kappa shape index (κ3) is 6.79. The van der Waals surface area contributed by atoms with Crippen LogP contribution in [-0.2, 0) is 22.6 Å². The number of primary amides is 1. The number of aromatic nitrogens is 2. The first kappa shape index (κ1) is 24.7. The van der Waals surface area contributed by atoms with Crippen molar-refractivity contribution in [1.82, 2.24) is 15.3 Å². The second kappa shape index (κ2) is 11.3. The highest BCUT2D eigenvalue weighted by Gasteiger charge is 2.21. The first-order valence-electron chi connectivity index (χ1n) is 10.8. The van der Waals surface area contributed by atoms with Crippen LogP contribution in [0.1, 0.15) is 38.1 Å². The van der Waals surface area contributed by atoms with Crippen LogP contribution in [0.2, 0.25) is 10.0 Å². The van der Waals surface area contributed by atoms with E-state index in [1.54, 1.807) is 12.1 Å². The first-order chi connectivity index (χ1) is 15.7. The lowest BCUT2D eigenvalue weighted by molar-refractivity contribution is -0.121. The first-order valence-corrected chi connectivity index (χ1v) is 11.5. The molecule has 0 aliphatic heterocycles. The van der Waals surface area contributed by atoms with Crippen molar-refractivity contribution in [2.75, 3.05) is 5.32 Å². The molecule has 7 nitrogen and oxygen atoms in total. The molecule has 0 unspecified atom stereocenters. The van der Waals surface area contributed by atoms with E-state index in [1.165, 1.54) is 0 Å². The second-order valence-corrected chi connectivity index (χ2v) is 8.97. The van der Waals surface area contributed by atoms with Gasteiger partial charge in [-0.05, 0) is 42.2 Å². The lowest BCUT2D eigenvalue weighted by atomic mass is 10.0. The molecule has 1 atom stereocenters.